The van der Waals surface area contributed by atoms with E-state index in [-0.39, 0.29) is 17.7 Å². The fourth-order valence-corrected chi connectivity index (χ4v) is 2.73. The number of nitrogens with one attached hydrogen (secondary N) is 2. The number of anilines is 2. The Labute approximate surface area is 145 Å². The molecular formula is C17H19ClN4O2. The van der Waals surface area contributed by atoms with Crippen LogP contribution < -0.4 is 10.6 Å². The minimum atomic E-state index is -0.325. The van der Waals surface area contributed by atoms with Gasteiger partial charge in [0, 0.05) is 19.2 Å². The highest BCUT2D eigenvalue weighted by Gasteiger charge is 2.16. The van der Waals surface area contributed by atoms with Crippen molar-refractivity contribution in [3.8, 4) is 0 Å². The van der Waals surface area contributed by atoms with Crippen LogP contribution in [0.5, 0.6) is 0 Å². The quantitative estimate of drug-likeness (QED) is 0.868. The largest absolute Gasteiger partial charge is 0.376 e. The number of rotatable bonds is 5. The summed E-state index contributed by atoms with van der Waals surface area (Å²) >= 11 is 6.07. The second-order valence-electron chi connectivity index (χ2n) is 5.64. The number of ether oxygens (including phenoxy) is 1. The summed E-state index contributed by atoms with van der Waals surface area (Å²) in [4.78, 5) is 20.9. The maximum atomic E-state index is 12.4. The molecule has 6 nitrogen and oxygen atoms in total. The van der Waals surface area contributed by atoms with Gasteiger partial charge in [-0.2, -0.15) is 0 Å². The zero-order valence-corrected chi connectivity index (χ0v) is 14.1. The summed E-state index contributed by atoms with van der Waals surface area (Å²) in [6, 6.07) is 8.71. The van der Waals surface area contributed by atoms with E-state index >= 15 is 0 Å². The zero-order chi connectivity index (χ0) is 16.9. The summed E-state index contributed by atoms with van der Waals surface area (Å²) in [5, 5.41) is 6.46. The lowest BCUT2D eigenvalue weighted by Gasteiger charge is -2.12. The summed E-state index contributed by atoms with van der Waals surface area (Å²) in [6.07, 6.45) is 2.32. The van der Waals surface area contributed by atoms with Gasteiger partial charge in [0.1, 0.15) is 17.3 Å². The Morgan fingerprint density at radius 1 is 1.38 bits per heavy atom. The first-order valence-corrected chi connectivity index (χ1v) is 8.26. The molecule has 1 aromatic carbocycles. The van der Waals surface area contributed by atoms with Crippen LogP contribution in [0.15, 0.2) is 30.3 Å². The summed E-state index contributed by atoms with van der Waals surface area (Å²) in [6.45, 7) is 3.23. The molecule has 2 aromatic rings. The molecule has 7 heteroatoms. The molecule has 0 radical (unpaired) electrons. The summed E-state index contributed by atoms with van der Waals surface area (Å²) < 4.78 is 5.57. The third-order valence-electron chi connectivity index (χ3n) is 3.73. The van der Waals surface area contributed by atoms with Gasteiger partial charge in [-0.15, -0.1) is 0 Å². The topological polar surface area (TPSA) is 76.1 Å². The zero-order valence-electron chi connectivity index (χ0n) is 13.4. The average molecular weight is 347 g/mol. The van der Waals surface area contributed by atoms with Gasteiger partial charge in [-0.25, -0.2) is 9.97 Å². The van der Waals surface area contributed by atoms with Gasteiger partial charge in [-0.05, 0) is 31.9 Å². The van der Waals surface area contributed by atoms with Crippen LogP contribution in [-0.4, -0.2) is 35.1 Å². The minimum absolute atomic E-state index is 0.195. The van der Waals surface area contributed by atoms with Crippen molar-refractivity contribution in [2.75, 3.05) is 23.8 Å². The van der Waals surface area contributed by atoms with Crippen LogP contribution >= 0.6 is 11.6 Å². The maximum absolute atomic E-state index is 12.4. The normalized spacial score (nSPS) is 16.8. The second-order valence-corrected chi connectivity index (χ2v) is 6.04. The van der Waals surface area contributed by atoms with Crippen molar-refractivity contribution < 1.29 is 9.53 Å². The Bertz CT molecular complexity index is 732. The molecule has 1 unspecified atom stereocenters. The number of aromatic nitrogens is 2. The molecule has 2 heterocycles. The van der Waals surface area contributed by atoms with Gasteiger partial charge in [0.15, 0.2) is 0 Å². The first kappa shape index (κ1) is 16.7. The SMILES string of the molecule is Cc1nc(NCC2CCCO2)cc(C(=O)Nc2ccccc2Cl)n1. The smallest absolute Gasteiger partial charge is 0.274 e. The molecular weight excluding hydrogens is 328 g/mol. The van der Waals surface area contributed by atoms with Gasteiger partial charge >= 0.3 is 0 Å². The van der Waals surface area contributed by atoms with Crippen molar-refractivity contribution in [2.24, 2.45) is 0 Å². The van der Waals surface area contributed by atoms with Crippen molar-refractivity contribution in [3.05, 3.63) is 46.9 Å². The number of benzene rings is 1. The highest BCUT2D eigenvalue weighted by Crippen LogP contribution is 2.21. The molecule has 2 N–H and O–H groups in total. The first-order chi connectivity index (χ1) is 11.6. The first-order valence-electron chi connectivity index (χ1n) is 7.89. The predicted octanol–water partition coefficient (Wildman–Crippen LogP) is 3.28. The van der Waals surface area contributed by atoms with Crippen LogP contribution in [0.25, 0.3) is 0 Å². The predicted molar refractivity (Wildman–Crippen MR) is 93.6 cm³/mol. The number of nitrogens with zero attached hydrogens (tertiary/aromatic N) is 2. The maximum Gasteiger partial charge on any atom is 0.274 e. The lowest BCUT2D eigenvalue weighted by Crippen LogP contribution is -2.20. The molecule has 1 saturated heterocycles. The van der Waals surface area contributed by atoms with Crippen molar-refractivity contribution in [3.63, 3.8) is 0 Å². The van der Waals surface area contributed by atoms with E-state index in [4.69, 9.17) is 16.3 Å². The van der Waals surface area contributed by atoms with Crippen molar-refractivity contribution in [2.45, 2.75) is 25.9 Å². The van der Waals surface area contributed by atoms with Crippen LogP contribution in [0.1, 0.15) is 29.2 Å². The lowest BCUT2D eigenvalue weighted by molar-refractivity contribution is 0.102. The number of hydrogen-bond donors (Lipinski definition) is 2. The van der Waals surface area contributed by atoms with E-state index < -0.39 is 0 Å². The van der Waals surface area contributed by atoms with Crippen LogP contribution in [0.2, 0.25) is 5.02 Å². The molecule has 0 aliphatic carbocycles. The molecule has 126 valence electrons. The van der Waals surface area contributed by atoms with Gasteiger partial charge < -0.3 is 15.4 Å². The highest BCUT2D eigenvalue weighted by molar-refractivity contribution is 6.33. The van der Waals surface area contributed by atoms with Crippen molar-refractivity contribution in [1.29, 1.82) is 0 Å². The fraction of sp³-hybridized carbons (Fsp3) is 0.353. The summed E-state index contributed by atoms with van der Waals surface area (Å²) in [5.41, 5.74) is 0.839. The molecule has 0 bridgehead atoms. The van der Waals surface area contributed by atoms with Crippen LogP contribution in [0.4, 0.5) is 11.5 Å². The third kappa shape index (κ3) is 4.21. The van der Waals surface area contributed by atoms with E-state index in [1.807, 2.05) is 0 Å². The van der Waals surface area contributed by atoms with E-state index in [1.54, 1.807) is 37.3 Å². The van der Waals surface area contributed by atoms with E-state index in [1.165, 1.54) is 0 Å². The molecule has 1 aromatic heterocycles. The lowest BCUT2D eigenvalue weighted by atomic mass is 10.2. The number of carbonyl (C=O) groups is 1. The van der Waals surface area contributed by atoms with Gasteiger partial charge in [0.2, 0.25) is 0 Å². The Balaban J connectivity index is 1.70. The molecule has 1 amide bonds. The molecule has 1 fully saturated rings. The molecule has 0 saturated carbocycles. The molecule has 3 rings (SSSR count). The number of aryl methyl sites for hydroxylation is 1. The van der Waals surface area contributed by atoms with Crippen LogP contribution in [0.3, 0.4) is 0 Å². The molecule has 1 aliphatic heterocycles. The van der Waals surface area contributed by atoms with Gasteiger partial charge in [0.25, 0.3) is 5.91 Å². The van der Waals surface area contributed by atoms with Gasteiger partial charge in [-0.1, -0.05) is 23.7 Å². The number of hydrogen-bond acceptors (Lipinski definition) is 5. The van der Waals surface area contributed by atoms with Crippen molar-refractivity contribution >= 4 is 29.0 Å². The van der Waals surface area contributed by atoms with E-state index in [0.717, 1.165) is 19.4 Å². The number of halogens is 1. The molecule has 0 spiro atoms. The van der Waals surface area contributed by atoms with Crippen molar-refractivity contribution in [1.82, 2.24) is 9.97 Å². The fourth-order valence-electron chi connectivity index (χ4n) is 2.55. The molecule has 1 aliphatic rings. The summed E-state index contributed by atoms with van der Waals surface area (Å²) in [5.74, 6) is 0.813. The average Bonchev–Trinajstić information content (AvgIpc) is 3.08. The Kier molecular flexibility index (Phi) is 5.27. The van der Waals surface area contributed by atoms with Crippen LogP contribution in [-0.2, 0) is 4.74 Å². The van der Waals surface area contributed by atoms with E-state index in [9.17, 15) is 4.79 Å². The number of carbonyl (C=O) groups excluding carboxylic acids is 1. The molecule has 1 atom stereocenters. The Hall–Kier alpha value is -2.18. The number of amides is 1. The Morgan fingerprint density at radius 2 is 2.21 bits per heavy atom. The molecule has 24 heavy (non-hydrogen) atoms. The second kappa shape index (κ2) is 7.59. The van der Waals surface area contributed by atoms with Gasteiger partial charge in [0.05, 0.1) is 16.8 Å². The highest BCUT2D eigenvalue weighted by atomic mass is 35.5. The van der Waals surface area contributed by atoms with E-state index in [2.05, 4.69) is 20.6 Å². The van der Waals surface area contributed by atoms with Gasteiger partial charge in [-0.3, -0.25) is 4.79 Å². The standard InChI is InChI=1S/C17H19ClN4O2/c1-11-20-15(17(23)22-14-7-3-2-6-13(14)18)9-16(21-11)19-10-12-5-4-8-24-12/h2-3,6-7,9,12H,4-5,8,10H2,1H3,(H,22,23)(H,19,20,21). The Morgan fingerprint density at radius 3 is 2.96 bits per heavy atom. The number of para-hydroxylation sites is 1. The monoisotopic (exact) mass is 346 g/mol. The third-order valence-corrected chi connectivity index (χ3v) is 4.06. The minimum Gasteiger partial charge on any atom is -0.376 e. The summed E-state index contributed by atoms with van der Waals surface area (Å²) in [7, 11) is 0. The van der Waals surface area contributed by atoms with E-state index in [0.29, 0.717) is 28.9 Å². The van der Waals surface area contributed by atoms with Crippen LogP contribution in [0, 0.1) is 6.92 Å².